The maximum Gasteiger partial charge on any atom is 0.472 e. The molecule has 0 spiro atoms. The van der Waals surface area contributed by atoms with Gasteiger partial charge in [-0.15, -0.1) is 0 Å². The Morgan fingerprint density at radius 1 is 1.83 bits per heavy atom. The Morgan fingerprint density at radius 3 is 3.00 bits per heavy atom. The summed E-state index contributed by atoms with van der Waals surface area (Å²) in [4.78, 5) is 9.11. The van der Waals surface area contributed by atoms with Crippen LogP contribution in [-0.2, 0) is 13.6 Å². The molecule has 1 fully saturated rings. The van der Waals surface area contributed by atoms with Crippen LogP contribution in [0.1, 0.15) is 19.8 Å². The molecule has 1 aliphatic heterocycles. The number of hydrogen-bond donors (Lipinski definition) is 1. The quantitative estimate of drug-likeness (QED) is 0.609. The monoisotopic (exact) mass is 258 g/mol. The number of alkyl halides is 1. The number of rotatable bonds is 2. The fourth-order valence-corrected chi connectivity index (χ4v) is 2.58. The summed E-state index contributed by atoms with van der Waals surface area (Å²) in [7, 11) is -3.74. The summed E-state index contributed by atoms with van der Waals surface area (Å²) in [5, 5.41) is 0. The minimum Gasteiger partial charge on any atom is -0.302 e. The average molecular weight is 259 g/mol. The second-order valence-corrected chi connectivity index (χ2v) is 5.24. The molecule has 1 heterocycles. The Bertz CT molecular complexity index is 198. The Kier molecular flexibility index (Phi) is 3.74. The van der Waals surface area contributed by atoms with Crippen molar-refractivity contribution in [2.24, 2.45) is 0 Å². The number of phosphoric acid groups is 1. The van der Waals surface area contributed by atoms with Crippen molar-refractivity contribution in [1.29, 1.82) is 0 Å². The maximum absolute atomic E-state index is 11.0. The molecule has 3 unspecified atom stereocenters. The van der Waals surface area contributed by atoms with Crippen molar-refractivity contribution in [3.05, 3.63) is 0 Å². The predicted molar refractivity (Wildman–Crippen MR) is 48.3 cm³/mol. The molecule has 0 amide bonds. The first-order valence-corrected chi connectivity index (χ1v) is 6.26. The molecule has 4 nitrogen and oxygen atoms in total. The maximum atomic E-state index is 11.0. The van der Waals surface area contributed by atoms with Gasteiger partial charge in [0.25, 0.3) is 0 Å². The highest BCUT2D eigenvalue weighted by molar-refractivity contribution is 9.09. The van der Waals surface area contributed by atoms with Gasteiger partial charge in [-0.05, 0) is 12.8 Å². The third kappa shape index (κ3) is 2.82. The molecule has 0 aromatic heterocycles. The van der Waals surface area contributed by atoms with Crippen LogP contribution < -0.4 is 0 Å². The molecular weight excluding hydrogens is 247 g/mol. The Hall–Kier alpha value is 0.590. The van der Waals surface area contributed by atoms with Crippen LogP contribution in [0.25, 0.3) is 0 Å². The van der Waals surface area contributed by atoms with Crippen LogP contribution in [0.15, 0.2) is 0 Å². The average Bonchev–Trinajstić information content (AvgIpc) is 2.01. The van der Waals surface area contributed by atoms with Gasteiger partial charge >= 0.3 is 7.82 Å². The van der Waals surface area contributed by atoms with Crippen LogP contribution in [0, 0.1) is 0 Å². The topological polar surface area (TPSA) is 55.8 Å². The van der Waals surface area contributed by atoms with Crippen LogP contribution >= 0.6 is 23.8 Å². The molecule has 0 saturated carbocycles. The Balaban J connectivity index is 2.52. The molecule has 1 N–H and O–H groups in total. The third-order valence-electron chi connectivity index (χ3n) is 1.72. The second kappa shape index (κ2) is 4.20. The van der Waals surface area contributed by atoms with Crippen LogP contribution in [-0.4, -0.2) is 22.4 Å². The first-order chi connectivity index (χ1) is 5.55. The lowest BCUT2D eigenvalue weighted by Gasteiger charge is -2.28. The molecule has 72 valence electrons. The van der Waals surface area contributed by atoms with Gasteiger partial charge in [-0.1, -0.05) is 22.9 Å². The van der Waals surface area contributed by atoms with Crippen molar-refractivity contribution in [2.45, 2.75) is 30.7 Å². The Labute approximate surface area is 80.0 Å². The summed E-state index contributed by atoms with van der Waals surface area (Å²) in [6.45, 7) is 2.28. The van der Waals surface area contributed by atoms with Gasteiger partial charge in [-0.25, -0.2) is 4.57 Å². The Morgan fingerprint density at radius 2 is 2.50 bits per heavy atom. The van der Waals surface area contributed by atoms with E-state index in [1.165, 1.54) is 0 Å². The van der Waals surface area contributed by atoms with E-state index in [0.29, 0.717) is 13.0 Å². The van der Waals surface area contributed by atoms with Crippen LogP contribution in [0.5, 0.6) is 0 Å². The molecule has 1 aliphatic rings. The summed E-state index contributed by atoms with van der Waals surface area (Å²) in [5.74, 6) is 0. The van der Waals surface area contributed by atoms with E-state index in [4.69, 9.17) is 9.42 Å². The van der Waals surface area contributed by atoms with Crippen LogP contribution in [0.3, 0.4) is 0 Å². The minimum atomic E-state index is -3.74. The normalized spacial score (nSPS) is 39.4. The molecular formula is C6H12BrO4P. The number of hydrogen-bond acceptors (Lipinski definition) is 3. The fourth-order valence-electron chi connectivity index (χ4n) is 1.05. The predicted octanol–water partition coefficient (Wildman–Crippen LogP) is 2.07. The molecule has 0 aliphatic carbocycles. The van der Waals surface area contributed by atoms with Gasteiger partial charge in [0.1, 0.15) is 0 Å². The van der Waals surface area contributed by atoms with Crippen molar-refractivity contribution >= 4 is 23.8 Å². The van der Waals surface area contributed by atoms with E-state index >= 15 is 0 Å². The summed E-state index contributed by atoms with van der Waals surface area (Å²) in [6.07, 6.45) is 1.32. The first kappa shape index (κ1) is 10.7. The summed E-state index contributed by atoms with van der Waals surface area (Å²) in [6, 6.07) is 0. The molecule has 0 aromatic carbocycles. The van der Waals surface area contributed by atoms with Crippen molar-refractivity contribution in [3.8, 4) is 0 Å². The van der Waals surface area contributed by atoms with E-state index in [9.17, 15) is 4.57 Å². The molecule has 3 atom stereocenters. The van der Waals surface area contributed by atoms with E-state index in [0.717, 1.165) is 6.42 Å². The van der Waals surface area contributed by atoms with Crippen LogP contribution in [0.4, 0.5) is 0 Å². The lowest BCUT2D eigenvalue weighted by Crippen LogP contribution is -2.28. The zero-order valence-corrected chi connectivity index (χ0v) is 9.25. The van der Waals surface area contributed by atoms with Crippen molar-refractivity contribution in [3.63, 3.8) is 0 Å². The molecule has 1 rings (SSSR count). The largest absolute Gasteiger partial charge is 0.472 e. The standard InChI is InChI=1S/C6H12BrO4P/c1-2-5(7)6-3-4-10-12(8,9)11-6/h5-6H,2-4H2,1H3,(H,8,9). The molecule has 6 heteroatoms. The molecule has 1 saturated heterocycles. The first-order valence-electron chi connectivity index (χ1n) is 3.85. The van der Waals surface area contributed by atoms with Gasteiger partial charge < -0.3 is 4.89 Å². The zero-order valence-electron chi connectivity index (χ0n) is 6.77. The van der Waals surface area contributed by atoms with Crippen molar-refractivity contribution < 1.29 is 18.5 Å². The molecule has 0 aromatic rings. The zero-order chi connectivity index (χ0) is 9.19. The summed E-state index contributed by atoms with van der Waals surface area (Å²) < 4.78 is 20.4. The summed E-state index contributed by atoms with van der Waals surface area (Å²) >= 11 is 3.38. The van der Waals surface area contributed by atoms with Gasteiger partial charge in [-0.2, -0.15) is 0 Å². The molecule has 0 bridgehead atoms. The molecule has 0 radical (unpaired) electrons. The number of halogens is 1. The van der Waals surface area contributed by atoms with E-state index < -0.39 is 7.82 Å². The van der Waals surface area contributed by atoms with E-state index in [-0.39, 0.29) is 10.9 Å². The minimum absolute atomic E-state index is 0.127. The lowest BCUT2D eigenvalue weighted by atomic mass is 10.1. The smallest absolute Gasteiger partial charge is 0.302 e. The number of phosphoric ester groups is 1. The van der Waals surface area contributed by atoms with E-state index in [1.807, 2.05) is 6.92 Å². The van der Waals surface area contributed by atoms with Gasteiger partial charge in [0, 0.05) is 4.83 Å². The SMILES string of the molecule is CCC(Br)C1CCOP(=O)(O)O1. The summed E-state index contributed by atoms with van der Waals surface area (Å²) in [5.41, 5.74) is 0. The molecule has 12 heavy (non-hydrogen) atoms. The highest BCUT2D eigenvalue weighted by Gasteiger charge is 2.34. The van der Waals surface area contributed by atoms with Crippen molar-refractivity contribution in [1.82, 2.24) is 0 Å². The lowest BCUT2D eigenvalue weighted by molar-refractivity contribution is 0.0468. The van der Waals surface area contributed by atoms with Gasteiger partial charge in [0.05, 0.1) is 12.7 Å². The highest BCUT2D eigenvalue weighted by Crippen LogP contribution is 2.49. The van der Waals surface area contributed by atoms with Gasteiger partial charge in [0.15, 0.2) is 0 Å². The van der Waals surface area contributed by atoms with E-state index in [2.05, 4.69) is 20.5 Å². The van der Waals surface area contributed by atoms with Gasteiger partial charge in [0.2, 0.25) is 0 Å². The van der Waals surface area contributed by atoms with Gasteiger partial charge in [-0.3, -0.25) is 9.05 Å². The van der Waals surface area contributed by atoms with Crippen LogP contribution in [0.2, 0.25) is 0 Å². The third-order valence-corrected chi connectivity index (χ3v) is 4.00. The second-order valence-electron chi connectivity index (χ2n) is 2.66. The van der Waals surface area contributed by atoms with Crippen molar-refractivity contribution in [2.75, 3.05) is 6.61 Å². The highest BCUT2D eigenvalue weighted by atomic mass is 79.9. The fraction of sp³-hybridized carbons (Fsp3) is 1.00. The van der Waals surface area contributed by atoms with E-state index in [1.54, 1.807) is 0 Å².